The zero-order valence-corrected chi connectivity index (χ0v) is 17.2. The fourth-order valence-corrected chi connectivity index (χ4v) is 3.23. The van der Waals surface area contributed by atoms with E-state index < -0.39 is 5.97 Å². The van der Waals surface area contributed by atoms with Gasteiger partial charge in [-0.2, -0.15) is 0 Å². The van der Waals surface area contributed by atoms with E-state index in [0.29, 0.717) is 34.8 Å². The van der Waals surface area contributed by atoms with Gasteiger partial charge in [-0.1, -0.05) is 12.2 Å². The zero-order chi connectivity index (χ0) is 21.1. The lowest BCUT2D eigenvalue weighted by molar-refractivity contribution is -0.137. The first-order chi connectivity index (χ1) is 13.8. The van der Waals surface area contributed by atoms with Crippen LogP contribution in [0.4, 0.5) is 11.4 Å². The molecule has 1 aromatic heterocycles. The van der Waals surface area contributed by atoms with Crippen LogP contribution in [0.15, 0.2) is 45.6 Å². The molecule has 1 heterocycles. The van der Waals surface area contributed by atoms with Crippen molar-refractivity contribution in [3.05, 3.63) is 52.2 Å². The highest BCUT2D eigenvalue weighted by Crippen LogP contribution is 2.29. The van der Waals surface area contributed by atoms with Crippen molar-refractivity contribution in [3.8, 4) is 0 Å². The summed E-state index contributed by atoms with van der Waals surface area (Å²) < 4.78 is 6.14. The maximum atomic E-state index is 13.3. The number of nitrogens with zero attached hydrogens (tertiary/aromatic N) is 2. The van der Waals surface area contributed by atoms with E-state index in [1.807, 2.05) is 74.4 Å². The second-order valence-corrected chi connectivity index (χ2v) is 7.50. The van der Waals surface area contributed by atoms with E-state index in [4.69, 9.17) is 9.52 Å². The number of carbonyl (C=O) groups is 1. The van der Waals surface area contributed by atoms with Gasteiger partial charge >= 0.3 is 5.97 Å². The molecule has 0 saturated carbocycles. The number of allylic oxidation sites excluding steroid dienone is 1. The summed E-state index contributed by atoms with van der Waals surface area (Å²) in [6.07, 6.45) is 5.11. The molecule has 3 rings (SSSR count). The molecular formula is C23H26N2O4. The quantitative estimate of drug-likeness (QED) is 0.474. The summed E-state index contributed by atoms with van der Waals surface area (Å²) >= 11 is 0. The van der Waals surface area contributed by atoms with Crippen LogP contribution in [0.1, 0.15) is 24.8 Å². The van der Waals surface area contributed by atoms with Crippen LogP contribution in [0, 0.1) is 0 Å². The number of carboxylic acids is 1. The van der Waals surface area contributed by atoms with E-state index in [0.717, 1.165) is 16.9 Å². The highest BCUT2D eigenvalue weighted by molar-refractivity contribution is 5.97. The SMILES string of the molecule is CN(C)c1ccc2c(=O)c3c(/C=C/CCCC(=O)O)cc(N(C)C)cc3oc2c1. The first-order valence-corrected chi connectivity index (χ1v) is 9.55. The molecule has 3 aromatic rings. The predicted octanol–water partition coefficient (Wildman–Crippen LogP) is 4.35. The molecule has 29 heavy (non-hydrogen) atoms. The van der Waals surface area contributed by atoms with E-state index in [2.05, 4.69) is 0 Å². The molecule has 6 heteroatoms. The van der Waals surface area contributed by atoms with Crippen LogP contribution >= 0.6 is 0 Å². The Bertz CT molecular complexity index is 1140. The minimum atomic E-state index is -0.803. The van der Waals surface area contributed by atoms with Crippen LogP contribution in [-0.4, -0.2) is 39.3 Å². The average Bonchev–Trinajstić information content (AvgIpc) is 2.66. The second kappa shape index (κ2) is 8.39. The van der Waals surface area contributed by atoms with Crippen LogP contribution in [0.3, 0.4) is 0 Å². The molecule has 0 aliphatic heterocycles. The van der Waals surface area contributed by atoms with Gasteiger partial charge in [0.15, 0.2) is 0 Å². The molecule has 0 fully saturated rings. The van der Waals surface area contributed by atoms with Crippen molar-refractivity contribution < 1.29 is 14.3 Å². The van der Waals surface area contributed by atoms with Crippen molar-refractivity contribution in [1.29, 1.82) is 0 Å². The van der Waals surface area contributed by atoms with Crippen molar-refractivity contribution in [1.82, 2.24) is 0 Å². The lowest BCUT2D eigenvalue weighted by Gasteiger charge is -2.16. The van der Waals surface area contributed by atoms with Crippen molar-refractivity contribution in [2.24, 2.45) is 0 Å². The van der Waals surface area contributed by atoms with Gasteiger partial charge in [0, 0.05) is 58.1 Å². The molecule has 152 valence electrons. The van der Waals surface area contributed by atoms with Crippen molar-refractivity contribution in [2.75, 3.05) is 38.0 Å². The number of fused-ring (bicyclic) bond motifs is 2. The summed E-state index contributed by atoms with van der Waals surface area (Å²) in [6, 6.07) is 9.41. The fraction of sp³-hybridized carbons (Fsp3) is 0.304. The molecular weight excluding hydrogens is 368 g/mol. The standard InChI is InChI=1S/C23H26N2O4/c1-24(2)16-10-11-18-19(13-16)29-20-14-17(25(3)4)12-15(22(20)23(18)28)8-6-5-7-9-21(26)27/h6,8,10-14H,5,7,9H2,1-4H3,(H,26,27)/b8-6+. The first-order valence-electron chi connectivity index (χ1n) is 9.55. The summed E-state index contributed by atoms with van der Waals surface area (Å²) in [4.78, 5) is 27.8. The number of hydrogen-bond donors (Lipinski definition) is 1. The van der Waals surface area contributed by atoms with Crippen molar-refractivity contribution in [2.45, 2.75) is 19.3 Å². The highest BCUT2D eigenvalue weighted by Gasteiger charge is 2.14. The summed E-state index contributed by atoms with van der Waals surface area (Å²) in [7, 11) is 7.76. The van der Waals surface area contributed by atoms with E-state index in [-0.39, 0.29) is 11.8 Å². The Labute approximate surface area is 169 Å². The average molecular weight is 394 g/mol. The number of hydrogen-bond acceptors (Lipinski definition) is 5. The van der Waals surface area contributed by atoms with Gasteiger partial charge in [0.1, 0.15) is 11.2 Å². The molecule has 0 saturated heterocycles. The monoisotopic (exact) mass is 394 g/mol. The molecule has 0 atom stereocenters. The summed E-state index contributed by atoms with van der Waals surface area (Å²) in [6.45, 7) is 0. The second-order valence-electron chi connectivity index (χ2n) is 7.50. The molecule has 0 radical (unpaired) electrons. The number of rotatable bonds is 7. The Balaban J connectivity index is 2.16. The van der Waals surface area contributed by atoms with Crippen LogP contribution in [-0.2, 0) is 4.79 Å². The summed E-state index contributed by atoms with van der Waals surface area (Å²) in [5.74, 6) is -0.803. The molecule has 0 aliphatic carbocycles. The molecule has 0 unspecified atom stereocenters. The van der Waals surface area contributed by atoms with Crippen LogP contribution in [0.25, 0.3) is 28.0 Å². The van der Waals surface area contributed by atoms with Gasteiger partial charge in [-0.3, -0.25) is 9.59 Å². The number of unbranched alkanes of at least 4 members (excludes halogenated alkanes) is 1. The Morgan fingerprint density at radius 3 is 2.38 bits per heavy atom. The first kappa shape index (κ1) is 20.5. The highest BCUT2D eigenvalue weighted by atomic mass is 16.4. The smallest absolute Gasteiger partial charge is 0.303 e. The van der Waals surface area contributed by atoms with E-state index >= 15 is 0 Å². The predicted molar refractivity (Wildman–Crippen MR) is 119 cm³/mol. The Kier molecular flexibility index (Phi) is 5.92. The topological polar surface area (TPSA) is 74.0 Å². The fourth-order valence-electron chi connectivity index (χ4n) is 3.23. The van der Waals surface area contributed by atoms with Gasteiger partial charge in [-0.25, -0.2) is 0 Å². The summed E-state index contributed by atoms with van der Waals surface area (Å²) in [5, 5.41) is 9.85. The van der Waals surface area contributed by atoms with Gasteiger partial charge in [-0.15, -0.1) is 0 Å². The number of aliphatic carboxylic acids is 1. The van der Waals surface area contributed by atoms with Crippen LogP contribution in [0.2, 0.25) is 0 Å². The van der Waals surface area contributed by atoms with E-state index in [1.54, 1.807) is 6.07 Å². The molecule has 0 bridgehead atoms. The molecule has 6 nitrogen and oxygen atoms in total. The van der Waals surface area contributed by atoms with Gasteiger partial charge in [0.2, 0.25) is 5.43 Å². The lowest BCUT2D eigenvalue weighted by atomic mass is 10.0. The number of anilines is 2. The minimum Gasteiger partial charge on any atom is -0.481 e. The number of benzene rings is 2. The molecule has 0 spiro atoms. The van der Waals surface area contributed by atoms with Gasteiger partial charge in [0.05, 0.1) is 10.8 Å². The Morgan fingerprint density at radius 2 is 1.72 bits per heavy atom. The van der Waals surface area contributed by atoms with Gasteiger partial charge in [0.25, 0.3) is 0 Å². The Morgan fingerprint density at radius 1 is 1.03 bits per heavy atom. The maximum absolute atomic E-state index is 13.3. The van der Waals surface area contributed by atoms with Crippen molar-refractivity contribution in [3.63, 3.8) is 0 Å². The normalized spacial score (nSPS) is 11.4. The van der Waals surface area contributed by atoms with E-state index in [1.165, 1.54) is 0 Å². The minimum absolute atomic E-state index is 0.0675. The third-order valence-electron chi connectivity index (χ3n) is 4.87. The Hall–Kier alpha value is -3.28. The number of carboxylic acid groups (broad SMARTS) is 1. The third-order valence-corrected chi connectivity index (χ3v) is 4.87. The van der Waals surface area contributed by atoms with Crippen molar-refractivity contribution >= 4 is 45.4 Å². The van der Waals surface area contributed by atoms with Crippen LogP contribution < -0.4 is 15.2 Å². The zero-order valence-electron chi connectivity index (χ0n) is 17.2. The third kappa shape index (κ3) is 4.42. The molecule has 0 amide bonds. The lowest BCUT2D eigenvalue weighted by Crippen LogP contribution is -2.11. The summed E-state index contributed by atoms with van der Waals surface area (Å²) in [5.41, 5.74) is 3.68. The van der Waals surface area contributed by atoms with Crippen LogP contribution in [0.5, 0.6) is 0 Å². The van der Waals surface area contributed by atoms with Gasteiger partial charge < -0.3 is 19.3 Å². The largest absolute Gasteiger partial charge is 0.481 e. The van der Waals surface area contributed by atoms with E-state index in [9.17, 15) is 9.59 Å². The molecule has 2 aromatic carbocycles. The molecule has 0 aliphatic rings. The van der Waals surface area contributed by atoms with Gasteiger partial charge in [-0.05, 0) is 36.6 Å². The molecule has 1 N–H and O–H groups in total. The maximum Gasteiger partial charge on any atom is 0.303 e.